The standard InChI is InChI=1S/C13H18N2O2/c1-10-8-15(6-5-14(10)2)11-3-4-12-13(7-11)17-9-16-12/h3-4,7,10H,5-6,8-9H2,1-2H3. The SMILES string of the molecule is CC1CN(c2ccc3c(c2)OCO3)CCN1C. The second-order valence-electron chi connectivity index (χ2n) is 4.81. The van der Waals surface area contributed by atoms with E-state index in [4.69, 9.17) is 9.47 Å². The van der Waals surface area contributed by atoms with Gasteiger partial charge < -0.3 is 19.3 Å². The van der Waals surface area contributed by atoms with Crippen molar-refractivity contribution in [1.29, 1.82) is 0 Å². The summed E-state index contributed by atoms with van der Waals surface area (Å²) in [6.07, 6.45) is 0. The number of fused-ring (bicyclic) bond motifs is 1. The van der Waals surface area contributed by atoms with Crippen LogP contribution in [0.3, 0.4) is 0 Å². The Balaban J connectivity index is 1.80. The number of hydrogen-bond acceptors (Lipinski definition) is 4. The van der Waals surface area contributed by atoms with E-state index in [1.807, 2.05) is 6.07 Å². The maximum atomic E-state index is 5.42. The van der Waals surface area contributed by atoms with Crippen molar-refractivity contribution in [2.24, 2.45) is 0 Å². The van der Waals surface area contributed by atoms with Crippen LogP contribution in [-0.2, 0) is 0 Å². The van der Waals surface area contributed by atoms with E-state index in [1.165, 1.54) is 5.69 Å². The van der Waals surface area contributed by atoms with E-state index in [0.29, 0.717) is 12.8 Å². The lowest BCUT2D eigenvalue weighted by atomic mass is 10.1. The summed E-state index contributed by atoms with van der Waals surface area (Å²) in [5.74, 6) is 1.73. The van der Waals surface area contributed by atoms with Crippen LogP contribution >= 0.6 is 0 Å². The number of anilines is 1. The van der Waals surface area contributed by atoms with Gasteiger partial charge in [-0.05, 0) is 26.1 Å². The molecule has 0 radical (unpaired) electrons. The Morgan fingerprint density at radius 1 is 1.18 bits per heavy atom. The smallest absolute Gasteiger partial charge is 0.231 e. The number of piperazine rings is 1. The first-order valence-corrected chi connectivity index (χ1v) is 6.09. The normalized spacial score (nSPS) is 24.1. The van der Waals surface area contributed by atoms with Gasteiger partial charge in [-0.3, -0.25) is 0 Å². The molecule has 1 saturated heterocycles. The summed E-state index contributed by atoms with van der Waals surface area (Å²) in [5.41, 5.74) is 1.23. The van der Waals surface area contributed by atoms with Crippen molar-refractivity contribution in [3.63, 3.8) is 0 Å². The van der Waals surface area contributed by atoms with Crippen LogP contribution in [0.2, 0.25) is 0 Å². The molecule has 0 aliphatic carbocycles. The van der Waals surface area contributed by atoms with Gasteiger partial charge in [0.1, 0.15) is 0 Å². The fourth-order valence-electron chi connectivity index (χ4n) is 2.36. The van der Waals surface area contributed by atoms with E-state index in [2.05, 4.69) is 35.9 Å². The molecule has 1 unspecified atom stereocenters. The highest BCUT2D eigenvalue weighted by Gasteiger charge is 2.22. The van der Waals surface area contributed by atoms with Crippen LogP contribution in [0, 0.1) is 0 Å². The van der Waals surface area contributed by atoms with Gasteiger partial charge in [0.2, 0.25) is 6.79 Å². The Morgan fingerprint density at radius 3 is 2.82 bits per heavy atom. The molecular weight excluding hydrogens is 216 g/mol. The minimum absolute atomic E-state index is 0.345. The molecule has 2 aliphatic heterocycles. The van der Waals surface area contributed by atoms with Gasteiger partial charge in [-0.1, -0.05) is 0 Å². The summed E-state index contributed by atoms with van der Waals surface area (Å²) in [7, 11) is 2.18. The highest BCUT2D eigenvalue weighted by Crippen LogP contribution is 2.35. The van der Waals surface area contributed by atoms with Gasteiger partial charge in [0, 0.05) is 37.4 Å². The van der Waals surface area contributed by atoms with Gasteiger partial charge in [0.25, 0.3) is 0 Å². The summed E-state index contributed by atoms with van der Waals surface area (Å²) < 4.78 is 10.7. The molecule has 2 aliphatic rings. The number of likely N-dealkylation sites (N-methyl/N-ethyl adjacent to an activating group) is 1. The van der Waals surface area contributed by atoms with Crippen LogP contribution in [0.5, 0.6) is 11.5 Å². The molecule has 0 bridgehead atoms. The number of rotatable bonds is 1. The molecule has 4 heteroatoms. The summed E-state index contributed by atoms with van der Waals surface area (Å²) in [5, 5.41) is 0. The fraction of sp³-hybridized carbons (Fsp3) is 0.538. The van der Waals surface area contributed by atoms with Gasteiger partial charge >= 0.3 is 0 Å². The lowest BCUT2D eigenvalue weighted by Crippen LogP contribution is -2.50. The zero-order valence-electron chi connectivity index (χ0n) is 10.3. The summed E-state index contributed by atoms with van der Waals surface area (Å²) in [4.78, 5) is 4.80. The molecule has 0 spiro atoms. The molecule has 3 rings (SSSR count). The molecule has 0 N–H and O–H groups in total. The summed E-state index contributed by atoms with van der Waals surface area (Å²) in [6.45, 7) is 5.85. The average Bonchev–Trinajstić information content (AvgIpc) is 2.79. The molecule has 4 nitrogen and oxygen atoms in total. The van der Waals surface area contributed by atoms with E-state index >= 15 is 0 Å². The highest BCUT2D eigenvalue weighted by atomic mass is 16.7. The minimum atomic E-state index is 0.345. The number of ether oxygens (including phenoxy) is 2. The first-order chi connectivity index (χ1) is 8.24. The third-order valence-electron chi connectivity index (χ3n) is 3.68. The zero-order valence-corrected chi connectivity index (χ0v) is 10.3. The van der Waals surface area contributed by atoms with Gasteiger partial charge in [-0.2, -0.15) is 0 Å². The van der Waals surface area contributed by atoms with Crippen LogP contribution < -0.4 is 14.4 Å². The van der Waals surface area contributed by atoms with Crippen LogP contribution in [0.15, 0.2) is 18.2 Å². The quantitative estimate of drug-likeness (QED) is 0.736. The maximum Gasteiger partial charge on any atom is 0.231 e. The van der Waals surface area contributed by atoms with Gasteiger partial charge in [0.15, 0.2) is 11.5 Å². The monoisotopic (exact) mass is 234 g/mol. The van der Waals surface area contributed by atoms with E-state index in [1.54, 1.807) is 0 Å². The van der Waals surface area contributed by atoms with Gasteiger partial charge in [-0.25, -0.2) is 0 Å². The largest absolute Gasteiger partial charge is 0.454 e. The number of nitrogens with zero attached hydrogens (tertiary/aromatic N) is 2. The third kappa shape index (κ3) is 1.93. The Kier molecular flexibility index (Phi) is 2.59. The lowest BCUT2D eigenvalue weighted by molar-refractivity contribution is 0.174. The van der Waals surface area contributed by atoms with Crippen molar-refractivity contribution in [2.45, 2.75) is 13.0 Å². The van der Waals surface area contributed by atoms with Crippen molar-refractivity contribution < 1.29 is 9.47 Å². The Hall–Kier alpha value is -1.42. The van der Waals surface area contributed by atoms with E-state index in [9.17, 15) is 0 Å². The molecule has 92 valence electrons. The topological polar surface area (TPSA) is 24.9 Å². The van der Waals surface area contributed by atoms with Crippen LogP contribution in [0.1, 0.15) is 6.92 Å². The second-order valence-corrected chi connectivity index (χ2v) is 4.81. The molecule has 17 heavy (non-hydrogen) atoms. The Bertz CT molecular complexity index is 422. The third-order valence-corrected chi connectivity index (χ3v) is 3.68. The van der Waals surface area contributed by atoms with Crippen molar-refractivity contribution in [3.05, 3.63) is 18.2 Å². The lowest BCUT2D eigenvalue weighted by Gasteiger charge is -2.39. The molecule has 1 aromatic rings. The first kappa shape index (κ1) is 10.7. The predicted molar refractivity (Wildman–Crippen MR) is 66.9 cm³/mol. The highest BCUT2D eigenvalue weighted by molar-refractivity contribution is 5.57. The molecule has 1 aromatic carbocycles. The molecule has 0 aromatic heterocycles. The summed E-state index contributed by atoms with van der Waals surface area (Å²) in [6, 6.07) is 6.79. The molecule has 2 heterocycles. The maximum absolute atomic E-state index is 5.42. The molecule has 0 saturated carbocycles. The molecule has 1 fully saturated rings. The zero-order chi connectivity index (χ0) is 11.8. The Morgan fingerprint density at radius 2 is 2.00 bits per heavy atom. The molecule has 1 atom stereocenters. The van der Waals surface area contributed by atoms with Gasteiger partial charge in [-0.15, -0.1) is 0 Å². The van der Waals surface area contributed by atoms with E-state index < -0.39 is 0 Å². The molecule has 0 amide bonds. The van der Waals surface area contributed by atoms with Crippen LogP contribution in [0.4, 0.5) is 5.69 Å². The Labute approximate surface area is 102 Å². The van der Waals surface area contributed by atoms with Crippen LogP contribution in [-0.4, -0.2) is 44.4 Å². The fourth-order valence-corrected chi connectivity index (χ4v) is 2.36. The second kappa shape index (κ2) is 4.11. The summed E-state index contributed by atoms with van der Waals surface area (Å²) >= 11 is 0. The van der Waals surface area contributed by atoms with Crippen molar-refractivity contribution in [2.75, 3.05) is 38.4 Å². The number of hydrogen-bond donors (Lipinski definition) is 0. The van der Waals surface area contributed by atoms with E-state index in [-0.39, 0.29) is 0 Å². The van der Waals surface area contributed by atoms with Crippen molar-refractivity contribution >= 4 is 5.69 Å². The van der Waals surface area contributed by atoms with E-state index in [0.717, 1.165) is 31.1 Å². The van der Waals surface area contributed by atoms with Crippen molar-refractivity contribution in [1.82, 2.24) is 4.90 Å². The number of benzene rings is 1. The van der Waals surface area contributed by atoms with Crippen molar-refractivity contribution in [3.8, 4) is 11.5 Å². The predicted octanol–water partition coefficient (Wildman–Crippen LogP) is 1.56. The molecular formula is C13H18N2O2. The average molecular weight is 234 g/mol. The minimum Gasteiger partial charge on any atom is -0.454 e. The van der Waals surface area contributed by atoms with Gasteiger partial charge in [0.05, 0.1) is 0 Å². The first-order valence-electron chi connectivity index (χ1n) is 6.09. The van der Waals surface area contributed by atoms with Crippen LogP contribution in [0.25, 0.3) is 0 Å².